The number of ether oxygens (including phenoxy) is 2. The molecule has 0 heterocycles. The van der Waals surface area contributed by atoms with Gasteiger partial charge in [-0.2, -0.15) is 0 Å². The summed E-state index contributed by atoms with van der Waals surface area (Å²) in [7, 11) is 1.48. The average molecular weight is 309 g/mol. The number of carboxylic acids is 2. The van der Waals surface area contributed by atoms with E-state index in [4.69, 9.17) is 9.47 Å². The molecule has 8 nitrogen and oxygen atoms in total. The molecule has 0 aliphatic rings. The third-order valence-electron chi connectivity index (χ3n) is 2.58. The molecule has 8 heteroatoms. The second-order valence-corrected chi connectivity index (χ2v) is 4.26. The van der Waals surface area contributed by atoms with E-state index in [1.54, 1.807) is 0 Å². The van der Waals surface area contributed by atoms with Crippen molar-refractivity contribution in [1.82, 2.24) is 0 Å². The maximum absolute atomic E-state index is 11.5. The number of hydrogen-bond donors (Lipinski definition) is 1. The van der Waals surface area contributed by atoms with Crippen molar-refractivity contribution in [3.05, 3.63) is 23.8 Å². The van der Waals surface area contributed by atoms with Crippen LogP contribution in [0, 0.1) is 0 Å². The number of hydrogen-bond acceptors (Lipinski definition) is 7. The van der Waals surface area contributed by atoms with Gasteiger partial charge < -0.3 is 34.6 Å². The molecule has 0 radical (unpaired) electrons. The average Bonchev–Trinajstić information content (AvgIpc) is 2.46. The first-order chi connectivity index (χ1) is 10.4. The van der Waals surface area contributed by atoms with Gasteiger partial charge in [-0.1, -0.05) is 0 Å². The number of carboxylic acid groups (broad SMARTS) is 2. The number of methoxy groups -OCH3 is 1. The van der Waals surface area contributed by atoms with Crippen LogP contribution in [-0.4, -0.2) is 38.2 Å². The van der Waals surface area contributed by atoms with E-state index in [1.165, 1.54) is 25.3 Å². The summed E-state index contributed by atoms with van der Waals surface area (Å²) in [6.07, 6.45) is -0.688. The lowest BCUT2D eigenvalue weighted by Gasteiger charge is -2.14. The summed E-state index contributed by atoms with van der Waals surface area (Å²) in [5, 5.41) is 23.7. The largest absolute Gasteiger partial charge is 0.550 e. The molecule has 1 amide bonds. The lowest BCUT2D eigenvalue weighted by Crippen LogP contribution is -2.25. The summed E-state index contributed by atoms with van der Waals surface area (Å²) in [6.45, 7) is 0.447. The fraction of sp³-hybridized carbons (Fsp3) is 0.357. The zero-order chi connectivity index (χ0) is 16.5. The highest BCUT2D eigenvalue weighted by Gasteiger charge is 2.09. The van der Waals surface area contributed by atoms with E-state index < -0.39 is 24.3 Å². The first-order valence-electron chi connectivity index (χ1n) is 6.41. The third-order valence-corrected chi connectivity index (χ3v) is 2.58. The highest BCUT2D eigenvalue weighted by Crippen LogP contribution is 2.22. The van der Waals surface area contributed by atoms with Crippen molar-refractivity contribution in [3.8, 4) is 5.75 Å². The van der Waals surface area contributed by atoms with Crippen LogP contribution in [0.5, 0.6) is 5.75 Å². The lowest BCUT2D eigenvalue weighted by atomic mass is 10.1. The minimum Gasteiger partial charge on any atom is -0.550 e. The Bertz CT molecular complexity index is 556. The fourth-order valence-electron chi connectivity index (χ4n) is 1.57. The van der Waals surface area contributed by atoms with Crippen LogP contribution in [0.15, 0.2) is 18.2 Å². The molecule has 0 aliphatic heterocycles. The van der Waals surface area contributed by atoms with Crippen molar-refractivity contribution in [3.63, 3.8) is 0 Å². The van der Waals surface area contributed by atoms with Crippen molar-refractivity contribution in [2.24, 2.45) is 0 Å². The van der Waals surface area contributed by atoms with Crippen LogP contribution in [0.25, 0.3) is 0 Å². The molecule has 0 spiro atoms. The minimum atomic E-state index is -1.46. The number of carbonyl (C=O) groups is 3. The Morgan fingerprint density at radius 2 is 1.86 bits per heavy atom. The first kappa shape index (κ1) is 17.4. The third kappa shape index (κ3) is 5.80. The Morgan fingerprint density at radius 1 is 1.14 bits per heavy atom. The van der Waals surface area contributed by atoms with Crippen molar-refractivity contribution in [2.45, 2.75) is 12.8 Å². The topological polar surface area (TPSA) is 128 Å². The number of anilines is 1. The molecule has 1 aromatic rings. The number of amides is 1. The fourth-order valence-corrected chi connectivity index (χ4v) is 1.57. The molecule has 0 bridgehead atoms. The number of rotatable bonds is 9. The van der Waals surface area contributed by atoms with E-state index in [2.05, 4.69) is 5.32 Å². The van der Waals surface area contributed by atoms with Crippen LogP contribution in [0.4, 0.5) is 5.69 Å². The highest BCUT2D eigenvalue weighted by molar-refractivity contribution is 5.95. The predicted octanol–water partition coefficient (Wildman–Crippen LogP) is -1.46. The quantitative estimate of drug-likeness (QED) is 0.552. The van der Waals surface area contributed by atoms with Crippen molar-refractivity contribution in [1.29, 1.82) is 0 Å². The number of nitrogens with one attached hydrogen (secondary N) is 1. The molecule has 0 unspecified atom stereocenters. The molecule has 0 fully saturated rings. The van der Waals surface area contributed by atoms with Gasteiger partial charge in [-0.3, -0.25) is 4.79 Å². The minimum absolute atomic E-state index is 0.0878. The van der Waals surface area contributed by atoms with Gasteiger partial charge in [0.25, 0.3) is 0 Å². The van der Waals surface area contributed by atoms with E-state index in [0.29, 0.717) is 0 Å². The molecule has 1 N–H and O–H groups in total. The van der Waals surface area contributed by atoms with Crippen LogP contribution in [-0.2, 0) is 14.3 Å². The zero-order valence-electron chi connectivity index (χ0n) is 11.9. The molecule has 1 aromatic carbocycles. The van der Waals surface area contributed by atoms with Crippen molar-refractivity contribution in [2.75, 3.05) is 25.6 Å². The molecule has 1 rings (SSSR count). The summed E-state index contributed by atoms with van der Waals surface area (Å²) in [5.74, 6) is -3.28. The van der Waals surface area contributed by atoms with Crippen LogP contribution < -0.4 is 20.3 Å². The molecular formula is C14H15NO7-2. The van der Waals surface area contributed by atoms with E-state index in [-0.39, 0.29) is 36.6 Å². The lowest BCUT2D eigenvalue weighted by molar-refractivity contribution is -0.305. The van der Waals surface area contributed by atoms with Gasteiger partial charge in [0.2, 0.25) is 5.91 Å². The van der Waals surface area contributed by atoms with Crippen LogP contribution >= 0.6 is 0 Å². The SMILES string of the molecule is COCCOc1ccc(NC(=O)CCC(=O)[O-])cc1C(=O)[O-]. The Balaban J connectivity index is 2.77. The number of aromatic carboxylic acids is 1. The Hall–Kier alpha value is -2.61. The Labute approximate surface area is 126 Å². The summed E-state index contributed by atoms with van der Waals surface area (Å²) in [5.41, 5.74) is -0.0320. The first-order valence-corrected chi connectivity index (χ1v) is 6.41. The second-order valence-electron chi connectivity index (χ2n) is 4.26. The molecule has 0 saturated heterocycles. The number of carbonyl (C=O) groups excluding carboxylic acids is 3. The highest BCUT2D eigenvalue weighted by atomic mass is 16.5. The van der Waals surface area contributed by atoms with Crippen LogP contribution in [0.1, 0.15) is 23.2 Å². The van der Waals surface area contributed by atoms with Crippen molar-refractivity contribution >= 4 is 23.5 Å². The molecule has 22 heavy (non-hydrogen) atoms. The van der Waals surface area contributed by atoms with Gasteiger partial charge in [0, 0.05) is 30.8 Å². The van der Waals surface area contributed by atoms with E-state index in [0.717, 1.165) is 0 Å². The van der Waals surface area contributed by atoms with E-state index in [1.807, 2.05) is 0 Å². The van der Waals surface area contributed by atoms with E-state index >= 15 is 0 Å². The van der Waals surface area contributed by atoms with Gasteiger partial charge in [-0.25, -0.2) is 0 Å². The summed E-state index contributed by atoms with van der Waals surface area (Å²) >= 11 is 0. The van der Waals surface area contributed by atoms with Crippen LogP contribution in [0.2, 0.25) is 0 Å². The van der Waals surface area contributed by atoms with Gasteiger partial charge in [0.1, 0.15) is 12.4 Å². The predicted molar refractivity (Wildman–Crippen MR) is 71.0 cm³/mol. The normalized spacial score (nSPS) is 10.0. The molecule has 0 aromatic heterocycles. The standard InChI is InChI=1S/C14H17NO7/c1-21-6-7-22-11-3-2-9(8-10(11)14(19)20)15-12(16)4-5-13(17)18/h2-3,8H,4-7H2,1H3,(H,15,16)(H,17,18)(H,19,20)/p-2. The van der Waals surface area contributed by atoms with Gasteiger partial charge in [0.15, 0.2) is 0 Å². The molecule has 0 atom stereocenters. The van der Waals surface area contributed by atoms with Gasteiger partial charge in [-0.05, 0) is 24.6 Å². The second kappa shape index (κ2) is 8.63. The summed E-state index contributed by atoms with van der Waals surface area (Å²) in [4.78, 5) is 32.8. The van der Waals surface area contributed by atoms with Crippen molar-refractivity contribution < 1.29 is 34.1 Å². The maximum atomic E-state index is 11.5. The van der Waals surface area contributed by atoms with Crippen LogP contribution in [0.3, 0.4) is 0 Å². The van der Waals surface area contributed by atoms with Gasteiger partial charge in [0.05, 0.1) is 12.6 Å². The monoisotopic (exact) mass is 309 g/mol. The van der Waals surface area contributed by atoms with Gasteiger partial charge >= 0.3 is 0 Å². The molecule has 0 saturated carbocycles. The number of aliphatic carboxylic acids is 1. The Kier molecular flexibility index (Phi) is 6.84. The summed E-state index contributed by atoms with van der Waals surface area (Å²) < 4.78 is 10.0. The van der Waals surface area contributed by atoms with Gasteiger partial charge in [-0.15, -0.1) is 0 Å². The zero-order valence-corrected chi connectivity index (χ0v) is 11.9. The maximum Gasteiger partial charge on any atom is 0.224 e. The molecule has 120 valence electrons. The van der Waals surface area contributed by atoms with E-state index in [9.17, 15) is 24.6 Å². The Morgan fingerprint density at radius 3 is 2.45 bits per heavy atom. The molecule has 0 aliphatic carbocycles. The smallest absolute Gasteiger partial charge is 0.224 e. The summed E-state index contributed by atoms with van der Waals surface area (Å²) in [6, 6.07) is 3.98. The molecular weight excluding hydrogens is 294 g/mol. The number of benzene rings is 1.